The second-order valence-electron chi connectivity index (χ2n) is 4.80. The molecule has 0 radical (unpaired) electrons. The van der Waals surface area contributed by atoms with E-state index in [0.29, 0.717) is 12.1 Å². The molecule has 1 aliphatic carbocycles. The van der Waals surface area contributed by atoms with E-state index in [9.17, 15) is 0 Å². The van der Waals surface area contributed by atoms with Gasteiger partial charge in [-0.25, -0.2) is 0 Å². The Morgan fingerprint density at radius 1 is 1.35 bits per heavy atom. The van der Waals surface area contributed by atoms with E-state index in [1.807, 2.05) is 7.05 Å². The Kier molecular flexibility index (Phi) is 6.54. The third-order valence-electron chi connectivity index (χ3n) is 3.55. The van der Waals surface area contributed by atoms with Crippen molar-refractivity contribution in [2.45, 2.75) is 44.7 Å². The zero-order valence-corrected chi connectivity index (χ0v) is 13.2. The van der Waals surface area contributed by atoms with E-state index in [1.165, 1.54) is 38.8 Å². The molecule has 2 aliphatic rings. The molecule has 5 heteroatoms. The Hall–Kier alpha value is -0.0400. The third-order valence-corrected chi connectivity index (χ3v) is 3.55. The predicted octanol–water partition coefficient (Wildman–Crippen LogP) is 1.42. The number of hydrogen-bond donors (Lipinski definition) is 2. The number of nitrogens with one attached hydrogen (secondary N) is 2. The zero-order chi connectivity index (χ0) is 11.4. The summed E-state index contributed by atoms with van der Waals surface area (Å²) in [7, 11) is 1.85. The molecule has 17 heavy (non-hydrogen) atoms. The van der Waals surface area contributed by atoms with Crippen LogP contribution in [0.2, 0.25) is 0 Å². The maximum absolute atomic E-state index is 4.26. The molecule has 1 aliphatic heterocycles. The number of guanidine groups is 1. The number of aliphatic imine (C=N–C) groups is 1. The molecule has 2 N–H and O–H groups in total. The van der Waals surface area contributed by atoms with Crippen LogP contribution in [0, 0.1) is 0 Å². The minimum atomic E-state index is 0. The Balaban J connectivity index is 0.00000144. The molecule has 4 nitrogen and oxygen atoms in total. The highest BCUT2D eigenvalue weighted by Crippen LogP contribution is 2.18. The first-order valence-corrected chi connectivity index (χ1v) is 6.54. The standard InChI is InChI=1S/C12H24N4.HI/c1-3-16-8-4-5-11(16)9-14-12(13-2)15-10-6-7-10;/h10-11H,3-9H2,1-2H3,(H2,13,14,15);1H. The molecule has 1 heterocycles. The maximum atomic E-state index is 4.26. The summed E-state index contributed by atoms with van der Waals surface area (Å²) in [6.07, 6.45) is 5.26. The molecular formula is C12H25IN4. The van der Waals surface area contributed by atoms with Crippen molar-refractivity contribution >= 4 is 29.9 Å². The first kappa shape index (κ1) is 15.0. The molecule has 0 aromatic carbocycles. The van der Waals surface area contributed by atoms with Gasteiger partial charge < -0.3 is 10.6 Å². The lowest BCUT2D eigenvalue weighted by molar-refractivity contribution is 0.267. The Morgan fingerprint density at radius 2 is 2.12 bits per heavy atom. The fraction of sp³-hybridized carbons (Fsp3) is 0.917. The molecule has 1 saturated heterocycles. The van der Waals surface area contributed by atoms with Gasteiger partial charge in [-0.15, -0.1) is 24.0 Å². The van der Waals surface area contributed by atoms with Crippen LogP contribution >= 0.6 is 24.0 Å². The van der Waals surface area contributed by atoms with Crippen LogP contribution in [0.5, 0.6) is 0 Å². The van der Waals surface area contributed by atoms with Gasteiger partial charge in [0.2, 0.25) is 0 Å². The third kappa shape index (κ3) is 4.62. The van der Waals surface area contributed by atoms with E-state index in [2.05, 4.69) is 27.4 Å². The highest BCUT2D eigenvalue weighted by molar-refractivity contribution is 14.0. The first-order valence-electron chi connectivity index (χ1n) is 6.54. The van der Waals surface area contributed by atoms with Crippen molar-refractivity contribution in [1.82, 2.24) is 15.5 Å². The molecule has 1 atom stereocenters. The van der Waals surface area contributed by atoms with Crippen LogP contribution in [0.15, 0.2) is 4.99 Å². The number of likely N-dealkylation sites (tertiary alicyclic amines) is 1. The lowest BCUT2D eigenvalue weighted by atomic mass is 10.2. The van der Waals surface area contributed by atoms with E-state index >= 15 is 0 Å². The van der Waals surface area contributed by atoms with E-state index in [-0.39, 0.29) is 24.0 Å². The van der Waals surface area contributed by atoms with Crippen LogP contribution < -0.4 is 10.6 Å². The molecule has 0 amide bonds. The number of hydrogen-bond acceptors (Lipinski definition) is 2. The molecule has 0 aromatic rings. The molecule has 0 spiro atoms. The van der Waals surface area contributed by atoms with E-state index in [1.54, 1.807) is 0 Å². The molecular weight excluding hydrogens is 327 g/mol. The molecule has 100 valence electrons. The summed E-state index contributed by atoms with van der Waals surface area (Å²) in [6.45, 7) is 5.70. The zero-order valence-electron chi connectivity index (χ0n) is 10.9. The van der Waals surface area contributed by atoms with Gasteiger partial charge in [-0.2, -0.15) is 0 Å². The minimum absolute atomic E-state index is 0. The molecule has 2 fully saturated rings. The van der Waals surface area contributed by atoms with Crippen LogP contribution in [-0.4, -0.2) is 49.6 Å². The van der Waals surface area contributed by atoms with Crippen molar-refractivity contribution in [3.8, 4) is 0 Å². The van der Waals surface area contributed by atoms with Crippen molar-refractivity contribution in [2.75, 3.05) is 26.7 Å². The molecule has 0 aromatic heterocycles. The van der Waals surface area contributed by atoms with Crippen molar-refractivity contribution in [1.29, 1.82) is 0 Å². The smallest absolute Gasteiger partial charge is 0.191 e. The number of rotatable bonds is 4. The quantitative estimate of drug-likeness (QED) is 0.457. The van der Waals surface area contributed by atoms with Crippen molar-refractivity contribution in [2.24, 2.45) is 4.99 Å². The van der Waals surface area contributed by atoms with Crippen LogP contribution in [0.1, 0.15) is 32.6 Å². The maximum Gasteiger partial charge on any atom is 0.191 e. The van der Waals surface area contributed by atoms with Gasteiger partial charge in [0.25, 0.3) is 0 Å². The summed E-state index contributed by atoms with van der Waals surface area (Å²) >= 11 is 0. The van der Waals surface area contributed by atoms with Gasteiger partial charge in [-0.05, 0) is 38.8 Å². The lowest BCUT2D eigenvalue weighted by Crippen LogP contribution is -2.45. The lowest BCUT2D eigenvalue weighted by Gasteiger charge is -2.23. The summed E-state index contributed by atoms with van der Waals surface area (Å²) < 4.78 is 0. The SMILES string of the molecule is CCN1CCCC1CNC(=NC)NC1CC1.I. The van der Waals surface area contributed by atoms with Crippen molar-refractivity contribution in [3.63, 3.8) is 0 Å². The van der Waals surface area contributed by atoms with E-state index in [0.717, 1.165) is 12.5 Å². The van der Waals surface area contributed by atoms with Crippen LogP contribution in [0.25, 0.3) is 0 Å². The number of likely N-dealkylation sites (N-methyl/N-ethyl adjacent to an activating group) is 1. The van der Waals surface area contributed by atoms with Crippen molar-refractivity contribution < 1.29 is 0 Å². The number of nitrogens with zero attached hydrogens (tertiary/aromatic N) is 2. The number of halogens is 1. The summed E-state index contributed by atoms with van der Waals surface area (Å²) in [6, 6.07) is 1.37. The Bertz CT molecular complexity index is 253. The van der Waals surface area contributed by atoms with Gasteiger partial charge in [0.15, 0.2) is 5.96 Å². The van der Waals surface area contributed by atoms with Crippen LogP contribution in [0.3, 0.4) is 0 Å². The topological polar surface area (TPSA) is 39.7 Å². The molecule has 1 saturated carbocycles. The average Bonchev–Trinajstić information content (AvgIpc) is 3.00. The summed E-state index contributed by atoms with van der Waals surface area (Å²) in [5, 5.41) is 6.86. The highest BCUT2D eigenvalue weighted by Gasteiger charge is 2.25. The predicted molar refractivity (Wildman–Crippen MR) is 83.2 cm³/mol. The molecule has 0 bridgehead atoms. The monoisotopic (exact) mass is 352 g/mol. The van der Waals surface area contributed by atoms with Gasteiger partial charge >= 0.3 is 0 Å². The van der Waals surface area contributed by atoms with Gasteiger partial charge in [0, 0.05) is 25.7 Å². The summed E-state index contributed by atoms with van der Waals surface area (Å²) in [4.78, 5) is 6.81. The largest absolute Gasteiger partial charge is 0.355 e. The normalized spacial score (nSPS) is 25.5. The average molecular weight is 352 g/mol. The Morgan fingerprint density at radius 3 is 2.71 bits per heavy atom. The van der Waals surface area contributed by atoms with Crippen LogP contribution in [-0.2, 0) is 0 Å². The van der Waals surface area contributed by atoms with Gasteiger partial charge in [-0.1, -0.05) is 6.92 Å². The van der Waals surface area contributed by atoms with Gasteiger partial charge in [-0.3, -0.25) is 9.89 Å². The second kappa shape index (κ2) is 7.41. The van der Waals surface area contributed by atoms with Crippen molar-refractivity contribution in [3.05, 3.63) is 0 Å². The second-order valence-corrected chi connectivity index (χ2v) is 4.80. The van der Waals surface area contributed by atoms with E-state index in [4.69, 9.17) is 0 Å². The molecule has 2 rings (SSSR count). The Labute approximate surface area is 122 Å². The van der Waals surface area contributed by atoms with E-state index < -0.39 is 0 Å². The minimum Gasteiger partial charge on any atom is -0.355 e. The van der Waals surface area contributed by atoms with Gasteiger partial charge in [0.05, 0.1) is 0 Å². The summed E-state index contributed by atoms with van der Waals surface area (Å²) in [5.41, 5.74) is 0. The fourth-order valence-electron chi connectivity index (χ4n) is 2.37. The van der Waals surface area contributed by atoms with Gasteiger partial charge in [0.1, 0.15) is 0 Å². The molecule has 1 unspecified atom stereocenters. The summed E-state index contributed by atoms with van der Waals surface area (Å²) in [5.74, 6) is 0.977. The first-order chi connectivity index (χ1) is 7.83. The fourth-order valence-corrected chi connectivity index (χ4v) is 2.37. The van der Waals surface area contributed by atoms with Crippen LogP contribution in [0.4, 0.5) is 0 Å². The highest BCUT2D eigenvalue weighted by atomic mass is 127.